The molecule has 0 aliphatic rings. The van der Waals surface area contributed by atoms with Crippen LogP contribution in [-0.4, -0.2) is 20.3 Å². The van der Waals surface area contributed by atoms with Crippen molar-refractivity contribution >= 4 is 17.4 Å². The molecule has 0 aliphatic heterocycles. The fraction of sp³-hybridized carbons (Fsp3) is 0.800. The van der Waals surface area contributed by atoms with Gasteiger partial charge < -0.3 is 9.35 Å². The Kier molecular flexibility index (Phi) is 10.5. The first-order chi connectivity index (χ1) is 4.22. The maximum atomic E-state index is 10.1. The number of carbonyl (C=O) groups excluding carboxylic acids is 1. The Labute approximate surface area is 85.2 Å². The summed E-state index contributed by atoms with van der Waals surface area (Å²) in [5.41, 5.74) is 0. The maximum absolute atomic E-state index is 10.1. The van der Waals surface area contributed by atoms with Crippen molar-refractivity contribution in [3.05, 3.63) is 0 Å². The summed E-state index contributed by atoms with van der Waals surface area (Å²) >= 11 is -2.22. The summed E-state index contributed by atoms with van der Waals surface area (Å²) in [6.45, 7) is 1.84. The van der Waals surface area contributed by atoms with Gasteiger partial charge in [-0.1, -0.05) is 13.3 Å². The standard InChI is InChI=1S/C5H10O3S.Na/c1-2-3-5(4-6)9(7)8;/h4-5H,2-3H2,1H3,(H,7,8);/q;+1/p-1. The van der Waals surface area contributed by atoms with Gasteiger partial charge in [0.25, 0.3) is 0 Å². The van der Waals surface area contributed by atoms with Gasteiger partial charge in [-0.25, -0.2) is 0 Å². The van der Waals surface area contributed by atoms with E-state index in [1.807, 2.05) is 6.92 Å². The zero-order valence-corrected chi connectivity index (χ0v) is 9.02. The van der Waals surface area contributed by atoms with Crippen LogP contribution in [0, 0.1) is 0 Å². The minimum Gasteiger partial charge on any atom is -0.772 e. The molecule has 5 heteroatoms. The normalized spacial score (nSPS) is 15.0. The summed E-state index contributed by atoms with van der Waals surface area (Å²) in [5.74, 6) is 0. The summed E-state index contributed by atoms with van der Waals surface area (Å²) in [5, 5.41) is -0.796. The van der Waals surface area contributed by atoms with Crippen molar-refractivity contribution in [3.8, 4) is 0 Å². The summed E-state index contributed by atoms with van der Waals surface area (Å²) in [6.07, 6.45) is 1.61. The van der Waals surface area contributed by atoms with Crippen LogP contribution in [-0.2, 0) is 15.9 Å². The van der Waals surface area contributed by atoms with Crippen molar-refractivity contribution in [3.63, 3.8) is 0 Å². The van der Waals surface area contributed by atoms with Gasteiger partial charge in [-0.2, -0.15) is 0 Å². The van der Waals surface area contributed by atoms with Crippen molar-refractivity contribution in [2.75, 3.05) is 0 Å². The van der Waals surface area contributed by atoms with E-state index >= 15 is 0 Å². The quantitative estimate of drug-likeness (QED) is 0.262. The Morgan fingerprint density at radius 1 is 1.70 bits per heavy atom. The Morgan fingerprint density at radius 2 is 2.20 bits per heavy atom. The molecule has 0 aromatic carbocycles. The van der Waals surface area contributed by atoms with Crippen LogP contribution in [0.5, 0.6) is 0 Å². The van der Waals surface area contributed by atoms with E-state index in [2.05, 4.69) is 0 Å². The minimum absolute atomic E-state index is 0. The predicted molar refractivity (Wildman–Crippen MR) is 33.7 cm³/mol. The first-order valence-corrected chi connectivity index (χ1v) is 3.89. The Hall–Kier alpha value is 0.780. The van der Waals surface area contributed by atoms with Crippen LogP contribution in [0.1, 0.15) is 19.8 Å². The Morgan fingerprint density at radius 3 is 2.30 bits per heavy atom. The molecule has 0 aromatic rings. The average Bonchev–Trinajstić information content (AvgIpc) is 1.82. The number of carbonyl (C=O) groups is 1. The molecule has 0 rings (SSSR count). The summed E-state index contributed by atoms with van der Waals surface area (Å²) in [4.78, 5) is 9.94. The molecule has 2 unspecified atom stereocenters. The topological polar surface area (TPSA) is 57.2 Å². The van der Waals surface area contributed by atoms with Gasteiger partial charge in [-0.15, -0.1) is 0 Å². The average molecular weight is 172 g/mol. The molecule has 0 spiro atoms. The van der Waals surface area contributed by atoms with Crippen molar-refractivity contribution in [2.24, 2.45) is 0 Å². The summed E-state index contributed by atoms with van der Waals surface area (Å²) < 4.78 is 20.2. The largest absolute Gasteiger partial charge is 1.00 e. The van der Waals surface area contributed by atoms with E-state index in [1.165, 1.54) is 0 Å². The van der Waals surface area contributed by atoms with Gasteiger partial charge in [0.15, 0.2) is 0 Å². The monoisotopic (exact) mass is 172 g/mol. The molecule has 2 atom stereocenters. The van der Waals surface area contributed by atoms with Gasteiger partial charge in [0.05, 0.1) is 5.25 Å². The molecule has 0 bridgehead atoms. The van der Waals surface area contributed by atoms with Crippen LogP contribution in [0.15, 0.2) is 0 Å². The van der Waals surface area contributed by atoms with E-state index in [1.54, 1.807) is 0 Å². The van der Waals surface area contributed by atoms with Gasteiger partial charge in [0, 0.05) is 0 Å². The third-order valence-electron chi connectivity index (χ3n) is 0.972. The van der Waals surface area contributed by atoms with Gasteiger partial charge in [0.1, 0.15) is 6.29 Å². The first-order valence-electron chi connectivity index (χ1n) is 2.75. The Bertz CT molecular complexity index is 117. The van der Waals surface area contributed by atoms with Crippen LogP contribution in [0.25, 0.3) is 0 Å². The van der Waals surface area contributed by atoms with Crippen molar-refractivity contribution < 1.29 is 43.1 Å². The van der Waals surface area contributed by atoms with Crippen LogP contribution in [0.4, 0.5) is 0 Å². The van der Waals surface area contributed by atoms with E-state index in [9.17, 15) is 13.6 Å². The van der Waals surface area contributed by atoms with Gasteiger partial charge in [0.2, 0.25) is 0 Å². The smallest absolute Gasteiger partial charge is 0.772 e. The van der Waals surface area contributed by atoms with E-state index in [-0.39, 0.29) is 29.6 Å². The van der Waals surface area contributed by atoms with Gasteiger partial charge >= 0.3 is 29.6 Å². The number of aldehydes is 1. The number of rotatable bonds is 4. The Balaban J connectivity index is 0. The van der Waals surface area contributed by atoms with Crippen LogP contribution < -0.4 is 29.6 Å². The molecule has 10 heavy (non-hydrogen) atoms. The summed E-state index contributed by atoms with van der Waals surface area (Å²) in [6, 6.07) is 0. The third-order valence-corrected chi connectivity index (χ3v) is 1.81. The van der Waals surface area contributed by atoms with Crippen molar-refractivity contribution in [2.45, 2.75) is 25.0 Å². The molecular weight excluding hydrogens is 163 g/mol. The fourth-order valence-electron chi connectivity index (χ4n) is 0.494. The molecule has 0 aliphatic carbocycles. The zero-order valence-electron chi connectivity index (χ0n) is 6.20. The van der Waals surface area contributed by atoms with E-state index in [4.69, 9.17) is 0 Å². The van der Waals surface area contributed by atoms with E-state index < -0.39 is 16.3 Å². The number of hydrogen-bond donors (Lipinski definition) is 0. The van der Waals surface area contributed by atoms with Crippen molar-refractivity contribution in [1.29, 1.82) is 0 Å². The first kappa shape index (κ1) is 13.4. The second kappa shape index (κ2) is 7.88. The molecule has 0 aromatic heterocycles. The number of hydrogen-bond acceptors (Lipinski definition) is 3. The third kappa shape index (κ3) is 5.56. The second-order valence-corrected chi connectivity index (χ2v) is 2.85. The summed E-state index contributed by atoms with van der Waals surface area (Å²) in [7, 11) is 0. The van der Waals surface area contributed by atoms with Crippen LogP contribution in [0.2, 0.25) is 0 Å². The van der Waals surface area contributed by atoms with Gasteiger partial charge in [-0.05, 0) is 17.5 Å². The zero-order chi connectivity index (χ0) is 7.28. The molecular formula is C5H9NaO3S. The molecule has 54 valence electrons. The van der Waals surface area contributed by atoms with Gasteiger partial charge in [-0.3, -0.25) is 4.21 Å². The molecule has 0 radical (unpaired) electrons. The van der Waals surface area contributed by atoms with E-state index in [0.29, 0.717) is 12.7 Å². The SMILES string of the molecule is CCCC(C=O)S(=O)[O-].[Na+]. The van der Waals surface area contributed by atoms with E-state index in [0.717, 1.165) is 6.42 Å². The fourth-order valence-corrected chi connectivity index (χ4v) is 1.01. The molecule has 0 heterocycles. The molecule has 0 fully saturated rings. The maximum Gasteiger partial charge on any atom is 1.00 e. The molecule has 0 amide bonds. The minimum atomic E-state index is -2.22. The molecule has 0 N–H and O–H groups in total. The van der Waals surface area contributed by atoms with Crippen molar-refractivity contribution in [1.82, 2.24) is 0 Å². The molecule has 0 saturated heterocycles. The predicted octanol–water partition coefficient (Wildman–Crippen LogP) is -2.76. The van der Waals surface area contributed by atoms with Crippen LogP contribution in [0.3, 0.4) is 0 Å². The second-order valence-electron chi connectivity index (χ2n) is 1.72. The van der Waals surface area contributed by atoms with Crippen LogP contribution >= 0.6 is 0 Å². The molecule has 0 saturated carbocycles. The molecule has 3 nitrogen and oxygen atoms in total.